The van der Waals surface area contributed by atoms with Crippen LogP contribution in [-0.2, 0) is 14.3 Å². The van der Waals surface area contributed by atoms with Gasteiger partial charge in [0.15, 0.2) is 6.61 Å². The highest BCUT2D eigenvalue weighted by molar-refractivity contribution is 6.02. The van der Waals surface area contributed by atoms with Gasteiger partial charge in [0, 0.05) is 12.0 Å². The first-order valence-corrected chi connectivity index (χ1v) is 10.1. The minimum Gasteiger partial charge on any atom is -0.491 e. The molecule has 0 aromatic heterocycles. The number of hydrogen-bond donors (Lipinski definition) is 1. The third-order valence-electron chi connectivity index (χ3n) is 4.43. The molecule has 31 heavy (non-hydrogen) atoms. The number of hydrogen-bond acceptors (Lipinski definition) is 6. The summed E-state index contributed by atoms with van der Waals surface area (Å²) >= 11 is 0. The molecule has 0 saturated carbocycles. The molecule has 2 amide bonds. The van der Waals surface area contributed by atoms with Crippen molar-refractivity contribution in [1.29, 1.82) is 0 Å². The van der Waals surface area contributed by atoms with Crippen LogP contribution >= 0.6 is 0 Å². The smallest absolute Gasteiger partial charge is 0.325 e. The van der Waals surface area contributed by atoms with Crippen LogP contribution in [0.15, 0.2) is 59.7 Å². The average molecular weight is 423 g/mol. The first-order chi connectivity index (χ1) is 14.9. The van der Waals surface area contributed by atoms with Crippen LogP contribution in [0.2, 0.25) is 0 Å². The van der Waals surface area contributed by atoms with Gasteiger partial charge in [-0.05, 0) is 43.7 Å². The van der Waals surface area contributed by atoms with Gasteiger partial charge in [0.1, 0.15) is 12.3 Å². The van der Waals surface area contributed by atoms with E-state index in [0.717, 1.165) is 11.3 Å². The average Bonchev–Trinajstić information content (AvgIpc) is 3.27. The fourth-order valence-corrected chi connectivity index (χ4v) is 2.95. The van der Waals surface area contributed by atoms with Crippen LogP contribution in [0, 0.1) is 0 Å². The molecule has 0 radical (unpaired) electrons. The fourth-order valence-electron chi connectivity index (χ4n) is 2.95. The predicted molar refractivity (Wildman–Crippen MR) is 115 cm³/mol. The summed E-state index contributed by atoms with van der Waals surface area (Å²) in [7, 11) is 0. The molecule has 1 aliphatic heterocycles. The lowest BCUT2D eigenvalue weighted by Crippen LogP contribution is -2.33. The lowest BCUT2D eigenvalue weighted by molar-refractivity contribution is -0.150. The van der Waals surface area contributed by atoms with Crippen LogP contribution in [0.4, 0.5) is 0 Å². The van der Waals surface area contributed by atoms with E-state index in [-0.39, 0.29) is 12.6 Å². The van der Waals surface area contributed by atoms with E-state index in [4.69, 9.17) is 9.47 Å². The van der Waals surface area contributed by atoms with Crippen molar-refractivity contribution in [1.82, 2.24) is 10.3 Å². The molecular formula is C23H25N3O5. The molecule has 8 nitrogen and oxygen atoms in total. The number of hydrazone groups is 1. The number of benzene rings is 2. The van der Waals surface area contributed by atoms with Crippen LogP contribution in [0.3, 0.4) is 0 Å². The minimum atomic E-state index is -0.701. The summed E-state index contributed by atoms with van der Waals surface area (Å²) in [5, 5.41) is 8.08. The van der Waals surface area contributed by atoms with Crippen molar-refractivity contribution in [3.63, 3.8) is 0 Å². The number of esters is 1. The molecule has 1 N–H and O–H groups in total. The second-order valence-electron chi connectivity index (χ2n) is 7.21. The monoisotopic (exact) mass is 423 g/mol. The highest BCUT2D eigenvalue weighted by atomic mass is 16.5. The molecule has 2 aromatic rings. The van der Waals surface area contributed by atoms with Crippen LogP contribution in [0.5, 0.6) is 5.75 Å². The standard InChI is InChI=1S/C23H25N3O5/c1-16(2)31-19-10-8-18(9-11-19)23(29)24-14-22(28)30-15-21(27)26-13-12-20(25-26)17-6-4-3-5-7-17/h3-11,16H,12-15H2,1-2H3,(H,24,29). The predicted octanol–water partition coefficient (Wildman–Crippen LogP) is 2.38. The van der Waals surface area contributed by atoms with Crippen molar-refractivity contribution in [2.45, 2.75) is 26.4 Å². The van der Waals surface area contributed by atoms with Crippen LogP contribution in [0.25, 0.3) is 0 Å². The van der Waals surface area contributed by atoms with Gasteiger partial charge >= 0.3 is 5.97 Å². The van der Waals surface area contributed by atoms with Gasteiger partial charge in [-0.3, -0.25) is 14.4 Å². The number of rotatable bonds is 8. The van der Waals surface area contributed by atoms with Gasteiger partial charge in [-0.1, -0.05) is 30.3 Å². The Bertz CT molecular complexity index is 955. The van der Waals surface area contributed by atoms with Gasteiger partial charge in [-0.25, -0.2) is 5.01 Å². The van der Waals surface area contributed by atoms with Gasteiger partial charge in [0.05, 0.1) is 18.4 Å². The van der Waals surface area contributed by atoms with Crippen LogP contribution in [-0.4, -0.2) is 54.3 Å². The molecule has 1 aliphatic rings. The Kier molecular flexibility index (Phi) is 7.37. The third-order valence-corrected chi connectivity index (χ3v) is 4.43. The van der Waals surface area contributed by atoms with E-state index in [2.05, 4.69) is 10.4 Å². The highest BCUT2D eigenvalue weighted by Gasteiger charge is 2.22. The topological polar surface area (TPSA) is 97.3 Å². The van der Waals surface area contributed by atoms with E-state index in [1.807, 2.05) is 44.2 Å². The first-order valence-electron chi connectivity index (χ1n) is 10.1. The zero-order valence-corrected chi connectivity index (χ0v) is 17.5. The molecule has 8 heteroatoms. The third kappa shape index (κ3) is 6.40. The molecule has 1 heterocycles. The number of nitrogens with one attached hydrogen (secondary N) is 1. The Morgan fingerprint density at radius 2 is 1.77 bits per heavy atom. The summed E-state index contributed by atoms with van der Waals surface area (Å²) in [6.07, 6.45) is 0.675. The maximum atomic E-state index is 12.2. The summed E-state index contributed by atoms with van der Waals surface area (Å²) in [6.45, 7) is 3.49. The number of ether oxygens (including phenoxy) is 2. The van der Waals surface area contributed by atoms with Gasteiger partial charge < -0.3 is 14.8 Å². The van der Waals surface area contributed by atoms with E-state index >= 15 is 0 Å². The Labute approximate surface area is 180 Å². The quantitative estimate of drug-likeness (QED) is 0.658. The molecule has 0 bridgehead atoms. The Balaban J connectivity index is 1.41. The molecule has 0 atom stereocenters. The zero-order chi connectivity index (χ0) is 22.2. The number of amides is 2. The van der Waals surface area contributed by atoms with E-state index < -0.39 is 24.4 Å². The fraction of sp³-hybridized carbons (Fsp3) is 0.304. The number of nitrogens with zero attached hydrogens (tertiary/aromatic N) is 2. The highest BCUT2D eigenvalue weighted by Crippen LogP contribution is 2.14. The van der Waals surface area contributed by atoms with E-state index in [9.17, 15) is 14.4 Å². The number of carbonyl (C=O) groups excluding carboxylic acids is 3. The lowest BCUT2D eigenvalue weighted by atomic mass is 10.1. The van der Waals surface area contributed by atoms with Crippen molar-refractivity contribution in [2.75, 3.05) is 19.7 Å². The van der Waals surface area contributed by atoms with Gasteiger partial charge in [0.2, 0.25) is 0 Å². The number of carbonyl (C=O) groups is 3. The minimum absolute atomic E-state index is 0.0355. The molecule has 0 saturated heterocycles. The van der Waals surface area contributed by atoms with E-state index in [1.165, 1.54) is 5.01 Å². The van der Waals surface area contributed by atoms with Gasteiger partial charge in [-0.2, -0.15) is 5.10 Å². The molecule has 3 rings (SSSR count). The second kappa shape index (κ2) is 10.4. The summed E-state index contributed by atoms with van der Waals surface area (Å²) < 4.78 is 10.5. The van der Waals surface area contributed by atoms with Crippen LogP contribution in [0.1, 0.15) is 36.2 Å². The maximum absolute atomic E-state index is 12.2. The molecule has 2 aromatic carbocycles. The lowest BCUT2D eigenvalue weighted by Gasteiger charge is -2.12. The first kappa shape index (κ1) is 22.0. The summed E-state index contributed by atoms with van der Waals surface area (Å²) in [6, 6.07) is 16.2. The SMILES string of the molecule is CC(C)Oc1ccc(C(=O)NCC(=O)OCC(=O)N2CCC(c3ccccc3)=N2)cc1. The van der Waals surface area contributed by atoms with E-state index in [0.29, 0.717) is 24.3 Å². The molecule has 0 aliphatic carbocycles. The Morgan fingerprint density at radius 1 is 1.06 bits per heavy atom. The molecular weight excluding hydrogens is 398 g/mol. The van der Waals surface area contributed by atoms with Crippen molar-refractivity contribution in [3.8, 4) is 5.75 Å². The molecule has 0 spiro atoms. The zero-order valence-electron chi connectivity index (χ0n) is 17.5. The summed E-state index contributed by atoms with van der Waals surface area (Å²) in [5.41, 5.74) is 2.17. The Hall–Kier alpha value is -3.68. The molecule has 162 valence electrons. The van der Waals surface area contributed by atoms with Crippen molar-refractivity contribution < 1.29 is 23.9 Å². The second-order valence-corrected chi connectivity index (χ2v) is 7.21. The molecule has 0 unspecified atom stereocenters. The summed E-state index contributed by atoms with van der Waals surface area (Å²) in [5.74, 6) is -0.875. The Morgan fingerprint density at radius 3 is 2.45 bits per heavy atom. The van der Waals surface area contributed by atoms with Crippen LogP contribution < -0.4 is 10.1 Å². The van der Waals surface area contributed by atoms with Crippen molar-refractivity contribution in [3.05, 3.63) is 65.7 Å². The maximum Gasteiger partial charge on any atom is 0.325 e. The normalized spacial score (nSPS) is 13.0. The van der Waals surface area contributed by atoms with Gasteiger partial charge in [0.25, 0.3) is 11.8 Å². The summed E-state index contributed by atoms with van der Waals surface area (Å²) in [4.78, 5) is 36.3. The van der Waals surface area contributed by atoms with E-state index in [1.54, 1.807) is 24.3 Å². The van der Waals surface area contributed by atoms with Gasteiger partial charge in [-0.15, -0.1) is 0 Å². The largest absolute Gasteiger partial charge is 0.491 e. The van der Waals surface area contributed by atoms with Crippen molar-refractivity contribution >= 4 is 23.5 Å². The van der Waals surface area contributed by atoms with Crippen molar-refractivity contribution in [2.24, 2.45) is 5.10 Å². The molecule has 0 fully saturated rings.